The van der Waals surface area contributed by atoms with E-state index in [4.69, 9.17) is 9.15 Å². The van der Waals surface area contributed by atoms with Crippen LogP contribution in [0.1, 0.15) is 25.0 Å². The molecule has 2 aromatic rings. The number of rotatable bonds is 6. The zero-order chi connectivity index (χ0) is 13.0. The molecule has 0 fully saturated rings. The number of hydrogen-bond donors (Lipinski definition) is 1. The molecule has 0 atom stereocenters. The van der Waals surface area contributed by atoms with Crippen molar-refractivity contribution in [2.24, 2.45) is 0 Å². The van der Waals surface area contributed by atoms with E-state index in [0.29, 0.717) is 0 Å². The van der Waals surface area contributed by atoms with Crippen molar-refractivity contribution in [1.82, 2.24) is 5.32 Å². The second-order valence-corrected chi connectivity index (χ2v) is 4.39. The first kappa shape index (κ1) is 13.0. The Kier molecular flexibility index (Phi) is 4.26. The molecule has 0 radical (unpaired) electrons. The summed E-state index contributed by atoms with van der Waals surface area (Å²) in [5, 5.41) is 4.52. The van der Waals surface area contributed by atoms with Crippen molar-refractivity contribution >= 4 is 11.0 Å². The molecular formula is C15H21NO2. The van der Waals surface area contributed by atoms with Gasteiger partial charge in [-0.05, 0) is 49.2 Å². The highest BCUT2D eigenvalue weighted by atomic mass is 16.5. The summed E-state index contributed by atoms with van der Waals surface area (Å²) in [6.45, 7) is 6.24. The molecule has 18 heavy (non-hydrogen) atoms. The van der Waals surface area contributed by atoms with Gasteiger partial charge in [0.1, 0.15) is 0 Å². The average Bonchev–Trinajstić information content (AvgIpc) is 2.81. The molecule has 0 unspecified atom stereocenters. The minimum absolute atomic E-state index is 0.832. The molecular weight excluding hydrogens is 226 g/mol. The lowest BCUT2D eigenvalue weighted by Gasteiger charge is -2.05. The van der Waals surface area contributed by atoms with Crippen LogP contribution in [0.5, 0.6) is 5.75 Å². The Morgan fingerprint density at radius 3 is 2.78 bits per heavy atom. The summed E-state index contributed by atoms with van der Waals surface area (Å²) in [5.74, 6) is 0.832. The molecule has 98 valence electrons. The third-order valence-electron chi connectivity index (χ3n) is 3.23. The predicted molar refractivity (Wildman–Crippen MR) is 74.4 cm³/mol. The van der Waals surface area contributed by atoms with Gasteiger partial charge in [-0.3, -0.25) is 0 Å². The van der Waals surface area contributed by atoms with Crippen LogP contribution in [0.2, 0.25) is 0 Å². The van der Waals surface area contributed by atoms with Gasteiger partial charge in [0, 0.05) is 5.39 Å². The number of furan rings is 1. The number of hydrogen-bond acceptors (Lipinski definition) is 3. The molecule has 2 rings (SSSR count). The fourth-order valence-electron chi connectivity index (χ4n) is 2.16. The highest BCUT2D eigenvalue weighted by Gasteiger charge is 2.11. The minimum Gasteiger partial charge on any atom is -0.493 e. The molecule has 0 bridgehead atoms. The van der Waals surface area contributed by atoms with Crippen LogP contribution < -0.4 is 10.1 Å². The van der Waals surface area contributed by atoms with Gasteiger partial charge in [-0.25, -0.2) is 0 Å². The Balaban J connectivity index is 2.37. The normalized spacial score (nSPS) is 11.1. The quantitative estimate of drug-likeness (QED) is 0.796. The van der Waals surface area contributed by atoms with E-state index < -0.39 is 0 Å². The van der Waals surface area contributed by atoms with E-state index in [0.717, 1.165) is 37.3 Å². The van der Waals surface area contributed by atoms with Crippen LogP contribution in [0.4, 0.5) is 0 Å². The van der Waals surface area contributed by atoms with Gasteiger partial charge in [0.2, 0.25) is 0 Å². The summed E-state index contributed by atoms with van der Waals surface area (Å²) in [5.41, 5.74) is 3.39. The number of fused-ring (bicyclic) bond motifs is 1. The number of aryl methyl sites for hydroxylation is 1. The van der Waals surface area contributed by atoms with Crippen molar-refractivity contribution < 1.29 is 9.15 Å². The van der Waals surface area contributed by atoms with Crippen molar-refractivity contribution in [3.8, 4) is 5.75 Å². The molecule has 0 amide bonds. The van der Waals surface area contributed by atoms with E-state index in [-0.39, 0.29) is 0 Å². The topological polar surface area (TPSA) is 34.4 Å². The Morgan fingerprint density at radius 1 is 1.28 bits per heavy atom. The van der Waals surface area contributed by atoms with Gasteiger partial charge in [0.25, 0.3) is 0 Å². The SMILES string of the molecule is CCNCCc1coc2c(OC)cc(CC)cc12. The van der Waals surface area contributed by atoms with E-state index in [2.05, 4.69) is 31.3 Å². The van der Waals surface area contributed by atoms with E-state index in [1.54, 1.807) is 7.11 Å². The lowest BCUT2D eigenvalue weighted by molar-refractivity contribution is 0.409. The van der Waals surface area contributed by atoms with Crippen molar-refractivity contribution in [2.75, 3.05) is 20.2 Å². The first-order valence-corrected chi connectivity index (χ1v) is 6.57. The summed E-state index contributed by atoms with van der Waals surface area (Å²) in [4.78, 5) is 0. The molecule has 0 spiro atoms. The third-order valence-corrected chi connectivity index (χ3v) is 3.23. The average molecular weight is 247 g/mol. The first-order valence-electron chi connectivity index (χ1n) is 6.57. The second kappa shape index (κ2) is 5.91. The lowest BCUT2D eigenvalue weighted by Crippen LogP contribution is -2.15. The Morgan fingerprint density at radius 2 is 2.11 bits per heavy atom. The zero-order valence-electron chi connectivity index (χ0n) is 11.4. The molecule has 0 aliphatic heterocycles. The largest absolute Gasteiger partial charge is 0.493 e. The van der Waals surface area contributed by atoms with Crippen LogP contribution in [-0.4, -0.2) is 20.2 Å². The maximum absolute atomic E-state index is 5.65. The summed E-state index contributed by atoms with van der Waals surface area (Å²) in [6, 6.07) is 4.27. The number of benzene rings is 1. The van der Waals surface area contributed by atoms with Gasteiger partial charge >= 0.3 is 0 Å². The lowest BCUT2D eigenvalue weighted by atomic mass is 10.1. The summed E-state index contributed by atoms with van der Waals surface area (Å²) in [6.07, 6.45) is 3.84. The van der Waals surface area contributed by atoms with Crippen LogP contribution in [-0.2, 0) is 12.8 Å². The predicted octanol–water partition coefficient (Wildman–Crippen LogP) is 3.16. The second-order valence-electron chi connectivity index (χ2n) is 4.39. The van der Waals surface area contributed by atoms with E-state index in [9.17, 15) is 0 Å². The van der Waals surface area contributed by atoms with Crippen LogP contribution >= 0.6 is 0 Å². The summed E-state index contributed by atoms with van der Waals surface area (Å²) in [7, 11) is 1.69. The maximum atomic E-state index is 5.65. The van der Waals surface area contributed by atoms with Gasteiger partial charge in [-0.15, -0.1) is 0 Å². The molecule has 1 aromatic carbocycles. The van der Waals surface area contributed by atoms with Crippen LogP contribution in [0, 0.1) is 0 Å². The standard InChI is InChI=1S/C15H21NO2/c1-4-11-8-13-12(6-7-16-5-2)10-18-15(13)14(9-11)17-3/h8-10,16H,4-7H2,1-3H3. The highest BCUT2D eigenvalue weighted by molar-refractivity contribution is 5.87. The van der Waals surface area contributed by atoms with E-state index >= 15 is 0 Å². The van der Waals surface area contributed by atoms with E-state index in [1.165, 1.54) is 16.5 Å². The Bertz CT molecular complexity index is 516. The minimum atomic E-state index is 0.832. The zero-order valence-corrected chi connectivity index (χ0v) is 11.4. The summed E-state index contributed by atoms with van der Waals surface area (Å²) >= 11 is 0. The number of nitrogens with one attached hydrogen (secondary N) is 1. The molecule has 0 aliphatic carbocycles. The molecule has 1 heterocycles. The van der Waals surface area contributed by atoms with Crippen molar-refractivity contribution in [2.45, 2.75) is 26.7 Å². The fourth-order valence-corrected chi connectivity index (χ4v) is 2.16. The smallest absolute Gasteiger partial charge is 0.175 e. The van der Waals surface area contributed by atoms with Gasteiger partial charge in [-0.1, -0.05) is 13.8 Å². The summed E-state index contributed by atoms with van der Waals surface area (Å²) < 4.78 is 11.0. The molecule has 0 saturated heterocycles. The van der Waals surface area contributed by atoms with Crippen LogP contribution in [0.25, 0.3) is 11.0 Å². The van der Waals surface area contributed by atoms with Crippen LogP contribution in [0.15, 0.2) is 22.8 Å². The number of methoxy groups -OCH3 is 1. The van der Waals surface area contributed by atoms with E-state index in [1.807, 2.05) is 6.26 Å². The fraction of sp³-hybridized carbons (Fsp3) is 0.467. The first-order chi connectivity index (χ1) is 8.80. The third kappa shape index (κ3) is 2.51. The van der Waals surface area contributed by atoms with Gasteiger partial charge < -0.3 is 14.5 Å². The van der Waals surface area contributed by atoms with Crippen molar-refractivity contribution in [3.63, 3.8) is 0 Å². The number of likely N-dealkylation sites (N-methyl/N-ethyl adjacent to an activating group) is 1. The van der Waals surface area contributed by atoms with Gasteiger partial charge in [-0.2, -0.15) is 0 Å². The van der Waals surface area contributed by atoms with Crippen molar-refractivity contribution in [3.05, 3.63) is 29.5 Å². The molecule has 1 aromatic heterocycles. The molecule has 3 heteroatoms. The molecule has 3 nitrogen and oxygen atoms in total. The van der Waals surface area contributed by atoms with Gasteiger partial charge in [0.15, 0.2) is 11.3 Å². The van der Waals surface area contributed by atoms with Crippen LogP contribution in [0.3, 0.4) is 0 Å². The molecule has 0 saturated carbocycles. The monoisotopic (exact) mass is 247 g/mol. The van der Waals surface area contributed by atoms with Crippen molar-refractivity contribution in [1.29, 1.82) is 0 Å². The highest BCUT2D eigenvalue weighted by Crippen LogP contribution is 2.31. The molecule has 1 N–H and O–H groups in total. The number of ether oxygens (including phenoxy) is 1. The maximum Gasteiger partial charge on any atom is 0.175 e. The Hall–Kier alpha value is -1.48. The Labute approximate surface area is 108 Å². The van der Waals surface area contributed by atoms with Gasteiger partial charge in [0.05, 0.1) is 13.4 Å². The molecule has 0 aliphatic rings.